The summed E-state index contributed by atoms with van der Waals surface area (Å²) in [6, 6.07) is 0. The molecule has 1 fully saturated rings. The number of carbonyl (C=O) groups is 1. The van der Waals surface area contributed by atoms with Crippen LogP contribution in [0.4, 0.5) is 0 Å². The van der Waals surface area contributed by atoms with Crippen LogP contribution in [0, 0.1) is 5.92 Å². The summed E-state index contributed by atoms with van der Waals surface area (Å²) in [4.78, 5) is 11.6. The van der Waals surface area contributed by atoms with E-state index in [-0.39, 0.29) is 24.9 Å². The van der Waals surface area contributed by atoms with Crippen molar-refractivity contribution in [3.63, 3.8) is 0 Å². The molecule has 4 heteroatoms. The zero-order chi connectivity index (χ0) is 21.2. The zero-order valence-corrected chi connectivity index (χ0v) is 19.6. The molecule has 0 bridgehead atoms. The lowest BCUT2D eigenvalue weighted by Crippen LogP contribution is -2.52. The lowest BCUT2D eigenvalue weighted by atomic mass is 9.96. The van der Waals surface area contributed by atoms with Crippen molar-refractivity contribution in [3.05, 3.63) is 0 Å². The maximum atomic E-state index is 11.6. The maximum Gasteiger partial charge on any atom is 0.286 e. The predicted octanol–water partition coefficient (Wildman–Crippen LogP) is 7.19. The van der Waals surface area contributed by atoms with Crippen LogP contribution in [0.1, 0.15) is 124 Å². The van der Waals surface area contributed by atoms with Gasteiger partial charge in [-0.2, -0.15) is 0 Å². The van der Waals surface area contributed by atoms with Crippen LogP contribution in [0.3, 0.4) is 0 Å². The third-order valence-corrected chi connectivity index (χ3v) is 6.07. The number of ketones is 1. The van der Waals surface area contributed by atoms with Gasteiger partial charge in [0.2, 0.25) is 0 Å². The summed E-state index contributed by atoms with van der Waals surface area (Å²) in [5, 5.41) is 0. The molecule has 0 saturated carbocycles. The van der Waals surface area contributed by atoms with Crippen LogP contribution in [0.5, 0.6) is 0 Å². The van der Waals surface area contributed by atoms with Crippen molar-refractivity contribution in [1.29, 1.82) is 0 Å². The highest BCUT2D eigenvalue weighted by molar-refractivity contribution is 5.81. The summed E-state index contributed by atoms with van der Waals surface area (Å²) in [7, 11) is 0. The van der Waals surface area contributed by atoms with Crippen LogP contribution in [0.15, 0.2) is 0 Å². The Hall–Kier alpha value is -0.450. The molecule has 0 spiro atoms. The van der Waals surface area contributed by atoms with Crippen LogP contribution in [-0.4, -0.2) is 31.6 Å². The Morgan fingerprint density at radius 1 is 0.759 bits per heavy atom. The minimum Gasteiger partial charge on any atom is -0.327 e. The van der Waals surface area contributed by atoms with E-state index in [9.17, 15) is 4.79 Å². The minimum absolute atomic E-state index is 0.0000619. The molecule has 0 aromatic heterocycles. The monoisotopic (exact) mass is 412 g/mol. The summed E-state index contributed by atoms with van der Waals surface area (Å²) in [5.74, 6) is -0.817. The molecule has 1 rings (SSSR count). The molecular formula is C25H48O4. The van der Waals surface area contributed by atoms with Gasteiger partial charge in [0.05, 0.1) is 6.61 Å². The van der Waals surface area contributed by atoms with Crippen molar-refractivity contribution in [2.45, 2.75) is 129 Å². The molecular weight excluding hydrogens is 364 g/mol. The van der Waals surface area contributed by atoms with Gasteiger partial charge in [0.15, 0.2) is 5.78 Å². The van der Waals surface area contributed by atoms with Gasteiger partial charge in [-0.3, -0.25) is 4.79 Å². The van der Waals surface area contributed by atoms with Crippen molar-refractivity contribution >= 4 is 5.78 Å². The molecule has 0 amide bonds. The first-order chi connectivity index (χ1) is 14.2. The Balaban J connectivity index is 2.16. The highest BCUT2D eigenvalue weighted by Crippen LogP contribution is 2.34. The number of ether oxygens (including phenoxy) is 3. The first-order valence-corrected chi connectivity index (χ1v) is 12.6. The molecule has 0 N–H and O–H groups in total. The fraction of sp³-hybridized carbons (Fsp3) is 0.960. The Labute approximate surface area is 180 Å². The second-order valence-electron chi connectivity index (χ2n) is 8.70. The molecule has 29 heavy (non-hydrogen) atoms. The van der Waals surface area contributed by atoms with E-state index >= 15 is 0 Å². The Morgan fingerprint density at radius 2 is 1.24 bits per heavy atom. The second kappa shape index (κ2) is 17.3. The average molecular weight is 413 g/mol. The molecule has 172 valence electrons. The van der Waals surface area contributed by atoms with Crippen molar-refractivity contribution in [2.24, 2.45) is 5.92 Å². The standard InChI is InChI=1S/C25H48O4/c1-4-7-9-10-11-12-13-14-15-16-17-18-20-27-25(23(6-3)19-8-5-2)28-21-24(26)22-29-25/h23H,4-22H2,1-3H3. The molecule has 1 aliphatic rings. The molecule has 1 unspecified atom stereocenters. The largest absolute Gasteiger partial charge is 0.327 e. The molecule has 0 radical (unpaired) electrons. The first kappa shape index (κ1) is 26.6. The molecule has 0 aliphatic carbocycles. The van der Waals surface area contributed by atoms with Crippen LogP contribution >= 0.6 is 0 Å². The smallest absolute Gasteiger partial charge is 0.286 e. The summed E-state index contributed by atoms with van der Waals surface area (Å²) < 4.78 is 17.8. The summed E-state index contributed by atoms with van der Waals surface area (Å²) in [6.45, 7) is 7.49. The summed E-state index contributed by atoms with van der Waals surface area (Å²) in [6.07, 6.45) is 20.2. The van der Waals surface area contributed by atoms with Crippen LogP contribution in [0.25, 0.3) is 0 Å². The fourth-order valence-corrected chi connectivity index (χ4v) is 4.12. The molecule has 1 heterocycles. The fourth-order valence-electron chi connectivity index (χ4n) is 4.12. The van der Waals surface area contributed by atoms with Gasteiger partial charge >= 0.3 is 0 Å². The van der Waals surface area contributed by atoms with E-state index in [0.29, 0.717) is 6.61 Å². The normalized spacial score (nSPS) is 17.6. The van der Waals surface area contributed by atoms with E-state index in [1.165, 1.54) is 70.6 Å². The number of Topliss-reactive ketones (excluding diaryl/α,β-unsaturated/α-hetero) is 1. The molecule has 0 aromatic carbocycles. The van der Waals surface area contributed by atoms with Gasteiger partial charge in [-0.15, -0.1) is 0 Å². The predicted molar refractivity (Wildman–Crippen MR) is 120 cm³/mol. The van der Waals surface area contributed by atoms with Gasteiger partial charge < -0.3 is 14.2 Å². The lowest BCUT2D eigenvalue weighted by Gasteiger charge is -2.41. The van der Waals surface area contributed by atoms with E-state index in [4.69, 9.17) is 14.2 Å². The quantitative estimate of drug-likeness (QED) is 0.211. The number of rotatable bonds is 19. The van der Waals surface area contributed by atoms with Crippen molar-refractivity contribution < 1.29 is 19.0 Å². The number of hydrogen-bond donors (Lipinski definition) is 0. The van der Waals surface area contributed by atoms with Gasteiger partial charge in [-0.1, -0.05) is 104 Å². The van der Waals surface area contributed by atoms with Crippen LogP contribution in [0.2, 0.25) is 0 Å². The number of unbranched alkanes of at least 4 members (excludes halogenated alkanes) is 12. The van der Waals surface area contributed by atoms with Crippen LogP contribution < -0.4 is 0 Å². The minimum atomic E-state index is -1.00. The zero-order valence-electron chi connectivity index (χ0n) is 19.6. The van der Waals surface area contributed by atoms with E-state index in [0.717, 1.165) is 32.1 Å². The van der Waals surface area contributed by atoms with Gasteiger partial charge in [-0.25, -0.2) is 0 Å². The molecule has 1 atom stereocenters. The second-order valence-corrected chi connectivity index (χ2v) is 8.70. The lowest BCUT2D eigenvalue weighted by molar-refractivity contribution is -0.411. The van der Waals surface area contributed by atoms with Crippen molar-refractivity contribution in [1.82, 2.24) is 0 Å². The van der Waals surface area contributed by atoms with E-state index in [1.54, 1.807) is 0 Å². The van der Waals surface area contributed by atoms with Gasteiger partial charge in [0.25, 0.3) is 5.97 Å². The van der Waals surface area contributed by atoms with Gasteiger partial charge in [-0.05, 0) is 19.3 Å². The topological polar surface area (TPSA) is 44.8 Å². The molecule has 1 saturated heterocycles. The molecule has 4 nitrogen and oxygen atoms in total. The SMILES string of the molecule is CCCCCCCCCCCCCCOC1(C(CC)CCCC)OCC(=O)CO1. The van der Waals surface area contributed by atoms with E-state index < -0.39 is 5.97 Å². The Morgan fingerprint density at radius 3 is 1.72 bits per heavy atom. The number of hydrogen-bond acceptors (Lipinski definition) is 4. The van der Waals surface area contributed by atoms with Gasteiger partial charge in [0, 0.05) is 5.92 Å². The highest BCUT2D eigenvalue weighted by Gasteiger charge is 2.44. The maximum absolute atomic E-state index is 11.6. The van der Waals surface area contributed by atoms with E-state index in [2.05, 4.69) is 20.8 Å². The van der Waals surface area contributed by atoms with E-state index in [1.807, 2.05) is 0 Å². The Bertz CT molecular complexity index is 386. The van der Waals surface area contributed by atoms with Gasteiger partial charge in [0.1, 0.15) is 13.2 Å². The summed E-state index contributed by atoms with van der Waals surface area (Å²) in [5.41, 5.74) is 0. The third-order valence-electron chi connectivity index (χ3n) is 6.07. The molecule has 0 aromatic rings. The third kappa shape index (κ3) is 11.5. The van der Waals surface area contributed by atoms with Crippen LogP contribution in [-0.2, 0) is 19.0 Å². The average Bonchev–Trinajstić information content (AvgIpc) is 2.74. The molecule has 1 aliphatic heterocycles. The first-order valence-electron chi connectivity index (χ1n) is 12.6. The van der Waals surface area contributed by atoms with Crippen molar-refractivity contribution in [3.8, 4) is 0 Å². The number of carbonyl (C=O) groups excluding carboxylic acids is 1. The van der Waals surface area contributed by atoms with Crippen molar-refractivity contribution in [2.75, 3.05) is 19.8 Å². The Kier molecular flexibility index (Phi) is 15.8. The highest BCUT2D eigenvalue weighted by atomic mass is 16.9. The summed E-state index contributed by atoms with van der Waals surface area (Å²) >= 11 is 0.